The van der Waals surface area contributed by atoms with Crippen molar-refractivity contribution in [2.75, 3.05) is 25.7 Å². The molecule has 0 N–H and O–H groups in total. The van der Waals surface area contributed by atoms with Gasteiger partial charge in [0.1, 0.15) is 12.3 Å². The molecule has 1 aliphatic heterocycles. The molecular weight excluding hydrogens is 517 g/mol. The number of carbonyl (C=O) groups excluding carboxylic acids is 2. The van der Waals surface area contributed by atoms with Crippen LogP contribution in [0.4, 0.5) is 23.7 Å². The van der Waals surface area contributed by atoms with Gasteiger partial charge in [0, 0.05) is 29.9 Å². The number of alkyl halides is 3. The normalized spacial score (nSPS) is 21.9. The zero-order chi connectivity index (χ0) is 27.9. The fourth-order valence-corrected chi connectivity index (χ4v) is 5.33. The second-order valence-electron chi connectivity index (χ2n) is 9.69. The lowest BCUT2D eigenvalue weighted by molar-refractivity contribution is -0.137. The van der Waals surface area contributed by atoms with Gasteiger partial charge in [-0.1, -0.05) is 6.92 Å². The van der Waals surface area contributed by atoms with E-state index in [0.717, 1.165) is 22.5 Å². The van der Waals surface area contributed by atoms with Gasteiger partial charge in [0.2, 0.25) is 0 Å². The van der Waals surface area contributed by atoms with Gasteiger partial charge in [0.15, 0.2) is 11.5 Å². The lowest BCUT2D eigenvalue weighted by Gasteiger charge is -2.38. The van der Waals surface area contributed by atoms with Crippen LogP contribution in [0.1, 0.15) is 31.7 Å². The van der Waals surface area contributed by atoms with Crippen LogP contribution in [0.15, 0.2) is 42.9 Å². The third-order valence-electron chi connectivity index (χ3n) is 7.27. The largest absolute Gasteiger partial charge is 0.493 e. The van der Waals surface area contributed by atoms with E-state index in [2.05, 4.69) is 9.97 Å². The molecule has 0 radical (unpaired) electrons. The molecule has 1 aromatic carbocycles. The Kier molecular flexibility index (Phi) is 6.96. The fourth-order valence-electron chi connectivity index (χ4n) is 5.33. The quantitative estimate of drug-likeness (QED) is 0.400. The van der Waals surface area contributed by atoms with Crippen molar-refractivity contribution in [2.24, 2.45) is 5.92 Å². The summed E-state index contributed by atoms with van der Waals surface area (Å²) >= 11 is 0. The highest BCUT2D eigenvalue weighted by Gasteiger charge is 2.45. The molecule has 3 atom stereocenters. The van der Waals surface area contributed by atoms with Gasteiger partial charge in [-0.15, -0.1) is 0 Å². The number of urea groups is 1. The van der Waals surface area contributed by atoms with E-state index in [1.165, 1.54) is 4.90 Å². The Morgan fingerprint density at radius 2 is 1.74 bits per heavy atom. The van der Waals surface area contributed by atoms with Gasteiger partial charge >= 0.3 is 12.2 Å². The molecule has 2 aromatic heterocycles. The minimum atomic E-state index is -4.61. The number of fused-ring (bicyclic) bond motifs is 1. The molecule has 1 aliphatic carbocycles. The number of nitrogens with zero attached hydrogens (tertiary/aromatic N) is 4. The van der Waals surface area contributed by atoms with E-state index in [9.17, 15) is 22.8 Å². The maximum atomic E-state index is 13.2. The number of amides is 3. The van der Waals surface area contributed by atoms with Crippen LogP contribution >= 0.6 is 0 Å². The van der Waals surface area contributed by atoms with E-state index in [4.69, 9.17) is 14.2 Å². The van der Waals surface area contributed by atoms with Crippen molar-refractivity contribution in [3.05, 3.63) is 48.4 Å². The average molecular weight is 545 g/mol. The van der Waals surface area contributed by atoms with Crippen LogP contribution < -0.4 is 19.1 Å². The number of halogens is 3. The minimum absolute atomic E-state index is 0.0630. The molecular formula is C27H27F3N4O5. The molecule has 2 fully saturated rings. The number of imide groups is 1. The molecule has 0 spiro atoms. The van der Waals surface area contributed by atoms with Crippen LogP contribution in [0.2, 0.25) is 0 Å². The van der Waals surface area contributed by atoms with E-state index in [0.29, 0.717) is 48.2 Å². The van der Waals surface area contributed by atoms with E-state index >= 15 is 0 Å². The Morgan fingerprint density at radius 1 is 1.00 bits per heavy atom. The number of carbonyl (C=O) groups is 2. The Morgan fingerprint density at radius 3 is 2.44 bits per heavy atom. The monoisotopic (exact) mass is 544 g/mol. The first-order chi connectivity index (χ1) is 18.6. The highest BCUT2D eigenvalue weighted by atomic mass is 19.4. The molecule has 2 aliphatic rings. The number of hydrogen-bond donors (Lipinski definition) is 0. The number of rotatable bonds is 6. The topological polar surface area (TPSA) is 94.1 Å². The van der Waals surface area contributed by atoms with Crippen molar-refractivity contribution in [1.29, 1.82) is 0 Å². The molecule has 3 amide bonds. The summed E-state index contributed by atoms with van der Waals surface area (Å²) in [5, 5.41) is 0.764. The Labute approximate surface area is 222 Å². The zero-order valence-corrected chi connectivity index (χ0v) is 21.6. The average Bonchev–Trinajstić information content (AvgIpc) is 3.21. The molecule has 12 heteroatoms. The number of benzene rings is 1. The molecule has 1 saturated heterocycles. The number of methoxy groups -OCH3 is 2. The number of ether oxygens (including phenoxy) is 3. The smallest absolute Gasteiger partial charge is 0.417 e. The summed E-state index contributed by atoms with van der Waals surface area (Å²) in [6.07, 6.45) is 0.354. The summed E-state index contributed by atoms with van der Waals surface area (Å²) in [7, 11) is 3.10. The van der Waals surface area contributed by atoms with Crippen LogP contribution in [-0.2, 0) is 11.0 Å². The summed E-state index contributed by atoms with van der Waals surface area (Å²) in [5.41, 5.74) is -0.360. The number of hydrogen-bond acceptors (Lipinski definition) is 7. The van der Waals surface area contributed by atoms with Crippen LogP contribution in [0.3, 0.4) is 0 Å². The van der Waals surface area contributed by atoms with Crippen LogP contribution in [0.5, 0.6) is 17.2 Å². The molecule has 3 aromatic rings. The second kappa shape index (κ2) is 10.2. The van der Waals surface area contributed by atoms with Crippen molar-refractivity contribution >= 4 is 28.5 Å². The standard InChI is InChI=1S/C27H27F3N4O5/c1-15-8-18(39-22-6-7-32-20-11-24(38-3)23(37-2)10-19(20)22)4-5-21(15)34-25(35)14-33(26(34)36)17-9-16(12-31-13-17)27(28,29)30/h6-7,9-13,15,18,21H,4-5,8,14H2,1-3H3. The predicted molar refractivity (Wildman–Crippen MR) is 135 cm³/mol. The van der Waals surface area contributed by atoms with Crippen molar-refractivity contribution in [3.8, 4) is 17.2 Å². The molecule has 9 nitrogen and oxygen atoms in total. The maximum Gasteiger partial charge on any atom is 0.417 e. The fraction of sp³-hybridized carbons (Fsp3) is 0.407. The van der Waals surface area contributed by atoms with Gasteiger partial charge < -0.3 is 14.2 Å². The first-order valence-corrected chi connectivity index (χ1v) is 12.4. The van der Waals surface area contributed by atoms with E-state index in [-0.39, 0.29) is 24.3 Å². The Hall–Kier alpha value is -4.09. The van der Waals surface area contributed by atoms with Gasteiger partial charge in [-0.05, 0) is 43.4 Å². The van der Waals surface area contributed by atoms with Crippen LogP contribution in [-0.4, -0.2) is 59.7 Å². The molecule has 0 bridgehead atoms. The van der Waals surface area contributed by atoms with Crippen molar-refractivity contribution in [1.82, 2.24) is 14.9 Å². The van der Waals surface area contributed by atoms with Gasteiger partial charge in [-0.2, -0.15) is 13.2 Å². The number of pyridine rings is 2. The second-order valence-corrected chi connectivity index (χ2v) is 9.69. The number of anilines is 1. The molecule has 3 heterocycles. The van der Waals surface area contributed by atoms with Crippen LogP contribution in [0, 0.1) is 5.92 Å². The van der Waals surface area contributed by atoms with Crippen molar-refractivity contribution in [2.45, 2.75) is 44.5 Å². The summed E-state index contributed by atoms with van der Waals surface area (Å²) in [4.78, 5) is 36.3. The third kappa shape index (κ3) is 5.02. The number of aromatic nitrogens is 2. The van der Waals surface area contributed by atoms with E-state index < -0.39 is 29.7 Å². The van der Waals surface area contributed by atoms with E-state index in [1.807, 2.05) is 13.0 Å². The van der Waals surface area contributed by atoms with Crippen LogP contribution in [0.25, 0.3) is 10.9 Å². The summed E-state index contributed by atoms with van der Waals surface area (Å²) in [6, 6.07) is 5.16. The van der Waals surface area contributed by atoms with Crippen molar-refractivity contribution < 1.29 is 37.0 Å². The molecule has 206 valence electrons. The summed E-state index contributed by atoms with van der Waals surface area (Å²) in [6.45, 7) is 1.60. The van der Waals surface area contributed by atoms with Gasteiger partial charge in [-0.3, -0.25) is 24.6 Å². The van der Waals surface area contributed by atoms with Gasteiger partial charge in [0.25, 0.3) is 5.91 Å². The summed E-state index contributed by atoms with van der Waals surface area (Å²) < 4.78 is 56.6. The zero-order valence-electron chi connectivity index (χ0n) is 21.6. The molecule has 3 unspecified atom stereocenters. The lowest BCUT2D eigenvalue weighted by Crippen LogP contribution is -2.48. The molecule has 5 rings (SSSR count). The minimum Gasteiger partial charge on any atom is -0.493 e. The summed E-state index contributed by atoms with van der Waals surface area (Å²) in [5.74, 6) is 1.19. The highest BCUT2D eigenvalue weighted by Crippen LogP contribution is 2.39. The predicted octanol–water partition coefficient (Wildman–Crippen LogP) is 5.07. The first kappa shape index (κ1) is 26.5. The third-order valence-corrected chi connectivity index (χ3v) is 7.27. The van der Waals surface area contributed by atoms with Crippen molar-refractivity contribution in [3.63, 3.8) is 0 Å². The first-order valence-electron chi connectivity index (χ1n) is 12.4. The van der Waals surface area contributed by atoms with E-state index in [1.54, 1.807) is 32.5 Å². The maximum absolute atomic E-state index is 13.2. The molecule has 1 saturated carbocycles. The lowest BCUT2D eigenvalue weighted by atomic mass is 9.83. The Bertz CT molecular complexity index is 1420. The van der Waals surface area contributed by atoms with Gasteiger partial charge in [0.05, 0.1) is 43.3 Å². The highest BCUT2D eigenvalue weighted by molar-refractivity contribution is 6.12. The molecule has 39 heavy (non-hydrogen) atoms. The SMILES string of the molecule is COc1cc2nccc(OC3CCC(N4C(=O)CN(c5cncc(C(F)(F)F)c5)C4=O)C(C)C3)c2cc1OC. The van der Waals surface area contributed by atoms with Gasteiger partial charge in [-0.25, -0.2) is 4.79 Å². The Balaban J connectivity index is 1.30.